The van der Waals surface area contributed by atoms with Gasteiger partial charge in [0.1, 0.15) is 5.75 Å². The molecule has 0 saturated carbocycles. The van der Waals surface area contributed by atoms with Crippen LogP contribution >= 0.6 is 15.9 Å². The first-order chi connectivity index (χ1) is 11.2. The molecule has 23 heavy (non-hydrogen) atoms. The predicted octanol–water partition coefficient (Wildman–Crippen LogP) is 3.98. The molecule has 0 spiro atoms. The number of hydrogen-bond donors (Lipinski definition) is 1. The lowest BCUT2D eigenvalue weighted by atomic mass is 10.2. The summed E-state index contributed by atoms with van der Waals surface area (Å²) in [4.78, 5) is 11.9. The Morgan fingerprint density at radius 1 is 1.17 bits per heavy atom. The topological polar surface area (TPSA) is 56.8 Å². The van der Waals surface area contributed by atoms with Crippen molar-refractivity contribution < 1.29 is 19.0 Å². The van der Waals surface area contributed by atoms with E-state index in [4.69, 9.17) is 14.2 Å². The summed E-state index contributed by atoms with van der Waals surface area (Å²) in [6.07, 6.45) is 1.03. The van der Waals surface area contributed by atoms with Crippen molar-refractivity contribution in [2.45, 2.75) is 12.8 Å². The molecule has 1 aliphatic heterocycles. The first-order valence-electron chi connectivity index (χ1n) is 7.28. The number of fused-ring (bicyclic) bond motifs is 1. The highest BCUT2D eigenvalue weighted by Gasteiger charge is 2.14. The Bertz CT molecular complexity index is 705. The molecule has 0 saturated heterocycles. The zero-order valence-corrected chi connectivity index (χ0v) is 14.0. The van der Waals surface area contributed by atoms with Crippen LogP contribution in [0, 0.1) is 0 Å². The molecule has 6 heteroatoms. The van der Waals surface area contributed by atoms with Gasteiger partial charge in [0.2, 0.25) is 12.7 Å². The van der Waals surface area contributed by atoms with Crippen molar-refractivity contribution in [3.05, 3.63) is 46.9 Å². The minimum atomic E-state index is -0.0540. The highest BCUT2D eigenvalue weighted by molar-refractivity contribution is 9.10. The summed E-state index contributed by atoms with van der Waals surface area (Å²) in [5.74, 6) is 2.09. The standard InChI is InChI=1S/C17H16BrNO4/c18-12-3-1-4-14(9-12)21-8-2-5-17(20)19-13-6-7-15-16(10-13)23-11-22-15/h1,3-4,6-7,9-10H,2,5,8,11H2,(H,19,20). The number of rotatable bonds is 6. The van der Waals surface area contributed by atoms with E-state index in [9.17, 15) is 4.79 Å². The molecule has 1 heterocycles. The number of halogens is 1. The molecule has 1 N–H and O–H groups in total. The first kappa shape index (κ1) is 15.7. The third-order valence-corrected chi connectivity index (χ3v) is 3.76. The molecule has 0 atom stereocenters. The zero-order valence-electron chi connectivity index (χ0n) is 12.4. The van der Waals surface area contributed by atoms with Gasteiger partial charge in [-0.2, -0.15) is 0 Å². The summed E-state index contributed by atoms with van der Waals surface area (Å²) in [6.45, 7) is 0.713. The molecule has 0 aromatic heterocycles. The maximum absolute atomic E-state index is 11.9. The number of carbonyl (C=O) groups excluding carboxylic acids is 1. The monoisotopic (exact) mass is 377 g/mol. The van der Waals surface area contributed by atoms with Gasteiger partial charge in [-0.15, -0.1) is 0 Å². The number of anilines is 1. The molecule has 0 aliphatic carbocycles. The van der Waals surface area contributed by atoms with E-state index in [0.29, 0.717) is 36.6 Å². The first-order valence-corrected chi connectivity index (χ1v) is 8.08. The number of amides is 1. The van der Waals surface area contributed by atoms with E-state index in [1.165, 1.54) is 0 Å². The van der Waals surface area contributed by atoms with Crippen molar-refractivity contribution >= 4 is 27.5 Å². The van der Waals surface area contributed by atoms with Crippen molar-refractivity contribution in [1.82, 2.24) is 0 Å². The van der Waals surface area contributed by atoms with Crippen molar-refractivity contribution in [2.75, 3.05) is 18.7 Å². The lowest BCUT2D eigenvalue weighted by Gasteiger charge is -2.08. The van der Waals surface area contributed by atoms with E-state index < -0.39 is 0 Å². The molecule has 0 fully saturated rings. The van der Waals surface area contributed by atoms with Gasteiger partial charge in [-0.3, -0.25) is 4.79 Å². The molecule has 1 amide bonds. The molecule has 1 aliphatic rings. The summed E-state index contributed by atoms with van der Waals surface area (Å²) < 4.78 is 17.1. The van der Waals surface area contributed by atoms with Crippen LogP contribution in [0.2, 0.25) is 0 Å². The van der Waals surface area contributed by atoms with Crippen LogP contribution in [0.3, 0.4) is 0 Å². The highest BCUT2D eigenvalue weighted by atomic mass is 79.9. The third kappa shape index (κ3) is 4.39. The van der Waals surface area contributed by atoms with Gasteiger partial charge in [0.15, 0.2) is 11.5 Å². The number of carbonyl (C=O) groups is 1. The summed E-state index contributed by atoms with van der Waals surface area (Å²) in [5.41, 5.74) is 0.701. The Morgan fingerprint density at radius 3 is 2.91 bits per heavy atom. The molecule has 3 rings (SSSR count). The number of nitrogens with one attached hydrogen (secondary N) is 1. The van der Waals surface area contributed by atoms with Gasteiger partial charge in [0.05, 0.1) is 6.61 Å². The second-order valence-corrected chi connectivity index (χ2v) is 5.94. The minimum Gasteiger partial charge on any atom is -0.494 e. The van der Waals surface area contributed by atoms with E-state index in [0.717, 1.165) is 10.2 Å². The van der Waals surface area contributed by atoms with Gasteiger partial charge in [-0.05, 0) is 36.8 Å². The predicted molar refractivity (Wildman–Crippen MR) is 90.1 cm³/mol. The second kappa shape index (κ2) is 7.37. The largest absolute Gasteiger partial charge is 0.494 e. The summed E-state index contributed by atoms with van der Waals surface area (Å²) in [6, 6.07) is 13.0. The third-order valence-electron chi connectivity index (χ3n) is 3.27. The fourth-order valence-corrected chi connectivity index (χ4v) is 2.56. The van der Waals surface area contributed by atoms with Crippen LogP contribution in [-0.4, -0.2) is 19.3 Å². The van der Waals surface area contributed by atoms with Gasteiger partial charge in [0, 0.05) is 22.6 Å². The average Bonchev–Trinajstić information content (AvgIpc) is 2.99. The second-order valence-electron chi connectivity index (χ2n) is 5.03. The Morgan fingerprint density at radius 2 is 2.04 bits per heavy atom. The van der Waals surface area contributed by atoms with E-state index in [2.05, 4.69) is 21.2 Å². The number of hydrogen-bond acceptors (Lipinski definition) is 4. The molecule has 120 valence electrons. The molecular formula is C17H16BrNO4. The lowest BCUT2D eigenvalue weighted by molar-refractivity contribution is -0.116. The normalized spacial score (nSPS) is 12.0. The molecule has 0 radical (unpaired) electrons. The smallest absolute Gasteiger partial charge is 0.231 e. The van der Waals surface area contributed by atoms with E-state index in [1.807, 2.05) is 24.3 Å². The number of ether oxygens (including phenoxy) is 3. The Kier molecular flexibility index (Phi) is 5.02. The van der Waals surface area contributed by atoms with Crippen molar-refractivity contribution in [1.29, 1.82) is 0 Å². The Hall–Kier alpha value is -2.21. The van der Waals surface area contributed by atoms with Crippen LogP contribution in [0.1, 0.15) is 12.8 Å². The van der Waals surface area contributed by atoms with Gasteiger partial charge in [0.25, 0.3) is 0 Å². The van der Waals surface area contributed by atoms with Crippen LogP contribution in [0.15, 0.2) is 46.9 Å². The SMILES string of the molecule is O=C(CCCOc1cccc(Br)c1)Nc1ccc2c(c1)OCO2. The Labute approximate surface area is 142 Å². The van der Waals surface area contributed by atoms with Crippen LogP contribution < -0.4 is 19.5 Å². The van der Waals surface area contributed by atoms with Crippen LogP contribution in [-0.2, 0) is 4.79 Å². The summed E-state index contributed by atoms with van der Waals surface area (Å²) in [7, 11) is 0. The van der Waals surface area contributed by atoms with Gasteiger partial charge in [-0.25, -0.2) is 0 Å². The van der Waals surface area contributed by atoms with Gasteiger partial charge < -0.3 is 19.5 Å². The maximum atomic E-state index is 11.9. The number of benzene rings is 2. The quantitative estimate of drug-likeness (QED) is 0.773. The molecule has 0 bridgehead atoms. The average molecular weight is 378 g/mol. The van der Waals surface area contributed by atoms with E-state index in [1.54, 1.807) is 18.2 Å². The van der Waals surface area contributed by atoms with E-state index in [-0.39, 0.29) is 12.7 Å². The molecule has 2 aromatic carbocycles. The fourth-order valence-electron chi connectivity index (χ4n) is 2.18. The molecule has 2 aromatic rings. The van der Waals surface area contributed by atoms with Crippen LogP contribution in [0.4, 0.5) is 5.69 Å². The molecule has 5 nitrogen and oxygen atoms in total. The maximum Gasteiger partial charge on any atom is 0.231 e. The van der Waals surface area contributed by atoms with Crippen molar-refractivity contribution in [2.24, 2.45) is 0 Å². The minimum absolute atomic E-state index is 0.0540. The summed E-state index contributed by atoms with van der Waals surface area (Å²) in [5, 5.41) is 2.84. The molecule has 0 unspecified atom stereocenters. The van der Waals surface area contributed by atoms with Crippen molar-refractivity contribution in [3.63, 3.8) is 0 Å². The zero-order chi connectivity index (χ0) is 16.1. The van der Waals surface area contributed by atoms with Crippen molar-refractivity contribution in [3.8, 4) is 17.2 Å². The van der Waals surface area contributed by atoms with Crippen LogP contribution in [0.25, 0.3) is 0 Å². The lowest BCUT2D eigenvalue weighted by Crippen LogP contribution is -2.12. The fraction of sp³-hybridized carbons (Fsp3) is 0.235. The highest BCUT2D eigenvalue weighted by Crippen LogP contribution is 2.34. The summed E-state index contributed by atoms with van der Waals surface area (Å²) >= 11 is 3.39. The molecular weight excluding hydrogens is 362 g/mol. The van der Waals surface area contributed by atoms with Gasteiger partial charge >= 0.3 is 0 Å². The van der Waals surface area contributed by atoms with E-state index >= 15 is 0 Å². The van der Waals surface area contributed by atoms with Crippen LogP contribution in [0.5, 0.6) is 17.2 Å². The Balaban J connectivity index is 1.41. The van der Waals surface area contributed by atoms with Gasteiger partial charge in [-0.1, -0.05) is 22.0 Å².